The summed E-state index contributed by atoms with van der Waals surface area (Å²) in [6.07, 6.45) is -5.05. The molecule has 2 N–H and O–H groups in total. The minimum absolute atomic E-state index is 0.0288. The van der Waals surface area contributed by atoms with Gasteiger partial charge in [-0.05, 0) is 13.0 Å². The number of para-hydroxylation sites is 1. The van der Waals surface area contributed by atoms with Gasteiger partial charge in [0.1, 0.15) is 0 Å². The van der Waals surface area contributed by atoms with E-state index in [0.717, 1.165) is 0 Å². The Kier molecular flexibility index (Phi) is 5.27. The molecule has 0 atom stereocenters. The fraction of sp³-hybridized carbons (Fsp3) is 0.500. The number of aromatic hydroxyl groups is 1. The fourth-order valence-corrected chi connectivity index (χ4v) is 1.44. The molecule has 0 spiro atoms. The van der Waals surface area contributed by atoms with Crippen LogP contribution >= 0.6 is 0 Å². The van der Waals surface area contributed by atoms with Crippen LogP contribution in [0.5, 0.6) is 11.5 Å². The lowest BCUT2D eigenvalue weighted by atomic mass is 10.2. The number of hydrogen-bond donors (Lipinski definition) is 2. The summed E-state index contributed by atoms with van der Waals surface area (Å²) in [7, 11) is 0. The average Bonchev–Trinajstić information content (AvgIpc) is 2.28. The first-order valence-electron chi connectivity index (χ1n) is 5.65. The van der Waals surface area contributed by atoms with Crippen LogP contribution in [0.2, 0.25) is 0 Å². The predicted molar refractivity (Wildman–Crippen MR) is 61.7 cm³/mol. The first-order chi connectivity index (χ1) is 8.44. The van der Waals surface area contributed by atoms with E-state index in [1.54, 1.807) is 25.1 Å². The Morgan fingerprint density at radius 2 is 2.06 bits per heavy atom. The smallest absolute Gasteiger partial charge is 0.390 e. The zero-order chi connectivity index (χ0) is 13.6. The summed E-state index contributed by atoms with van der Waals surface area (Å²) in [5.41, 5.74) is 0.517. The molecule has 0 heterocycles. The predicted octanol–water partition coefficient (Wildman–Crippen LogP) is 2.83. The molecule has 102 valence electrons. The van der Waals surface area contributed by atoms with E-state index in [2.05, 4.69) is 5.32 Å². The largest absolute Gasteiger partial charge is 0.504 e. The molecule has 0 radical (unpaired) electrons. The second kappa shape index (κ2) is 6.49. The van der Waals surface area contributed by atoms with Gasteiger partial charge in [-0.2, -0.15) is 13.2 Å². The van der Waals surface area contributed by atoms with Gasteiger partial charge in [-0.1, -0.05) is 12.1 Å². The number of phenols is 1. The Morgan fingerprint density at radius 3 is 2.67 bits per heavy atom. The Balaban J connectivity index is 2.50. The summed E-state index contributed by atoms with van der Waals surface area (Å²) < 4.78 is 40.9. The summed E-state index contributed by atoms with van der Waals surface area (Å²) in [6.45, 7) is 2.19. The third kappa shape index (κ3) is 4.83. The second-order valence-corrected chi connectivity index (χ2v) is 3.74. The molecule has 1 aromatic carbocycles. The van der Waals surface area contributed by atoms with Gasteiger partial charge in [0.05, 0.1) is 13.0 Å². The molecule has 1 aromatic rings. The lowest BCUT2D eigenvalue weighted by molar-refractivity contribution is -0.133. The van der Waals surface area contributed by atoms with Gasteiger partial charge in [0.15, 0.2) is 11.5 Å². The number of halogens is 3. The van der Waals surface area contributed by atoms with Crippen molar-refractivity contribution in [3.05, 3.63) is 23.8 Å². The highest BCUT2D eigenvalue weighted by Crippen LogP contribution is 2.29. The van der Waals surface area contributed by atoms with E-state index in [9.17, 15) is 18.3 Å². The highest BCUT2D eigenvalue weighted by atomic mass is 19.4. The van der Waals surface area contributed by atoms with Crippen LogP contribution in [0.1, 0.15) is 18.9 Å². The molecule has 0 bridgehead atoms. The number of ether oxygens (including phenoxy) is 1. The Morgan fingerprint density at radius 1 is 1.33 bits per heavy atom. The summed E-state index contributed by atoms with van der Waals surface area (Å²) in [5, 5.41) is 12.4. The molecule has 0 saturated heterocycles. The highest BCUT2D eigenvalue weighted by Gasteiger charge is 2.25. The van der Waals surface area contributed by atoms with E-state index in [1.807, 2.05) is 0 Å². The van der Waals surface area contributed by atoms with Gasteiger partial charge < -0.3 is 15.2 Å². The van der Waals surface area contributed by atoms with E-state index in [-0.39, 0.29) is 18.8 Å². The lowest BCUT2D eigenvalue weighted by Gasteiger charge is -2.11. The monoisotopic (exact) mass is 263 g/mol. The highest BCUT2D eigenvalue weighted by molar-refractivity contribution is 5.45. The molecule has 18 heavy (non-hydrogen) atoms. The standard InChI is InChI=1S/C12H16F3NO2/c1-2-18-10-5-3-4-9(11(10)17)8-16-7-6-12(13,14)15/h3-5,16-17H,2,6-8H2,1H3. The molecule has 0 aliphatic heterocycles. The van der Waals surface area contributed by atoms with Crippen LogP contribution < -0.4 is 10.1 Å². The van der Waals surface area contributed by atoms with E-state index >= 15 is 0 Å². The molecule has 0 aliphatic rings. The Labute approximate surface area is 104 Å². The quantitative estimate of drug-likeness (QED) is 0.775. The zero-order valence-corrected chi connectivity index (χ0v) is 10.0. The SMILES string of the molecule is CCOc1cccc(CNCCC(F)(F)F)c1O. The minimum atomic E-state index is -4.16. The van der Waals surface area contributed by atoms with Crippen molar-refractivity contribution in [1.29, 1.82) is 0 Å². The second-order valence-electron chi connectivity index (χ2n) is 3.74. The molecule has 0 aromatic heterocycles. The minimum Gasteiger partial charge on any atom is -0.504 e. The van der Waals surface area contributed by atoms with Crippen molar-refractivity contribution in [1.82, 2.24) is 5.32 Å². The molecule has 0 amide bonds. The van der Waals surface area contributed by atoms with Crippen molar-refractivity contribution in [3.8, 4) is 11.5 Å². The Bertz CT molecular complexity index is 380. The number of phenolic OH excluding ortho intramolecular Hbond substituents is 1. The van der Waals surface area contributed by atoms with E-state index in [0.29, 0.717) is 17.9 Å². The molecular formula is C12H16F3NO2. The van der Waals surface area contributed by atoms with Crippen molar-refractivity contribution in [2.45, 2.75) is 26.1 Å². The van der Waals surface area contributed by atoms with Gasteiger partial charge in [-0.3, -0.25) is 0 Å². The summed E-state index contributed by atoms with van der Waals surface area (Å²) in [6, 6.07) is 4.93. The fourth-order valence-electron chi connectivity index (χ4n) is 1.44. The maximum atomic E-state index is 11.9. The molecule has 3 nitrogen and oxygen atoms in total. The van der Waals surface area contributed by atoms with E-state index in [1.165, 1.54) is 0 Å². The molecule has 0 fully saturated rings. The van der Waals surface area contributed by atoms with Crippen molar-refractivity contribution in [3.63, 3.8) is 0 Å². The average molecular weight is 263 g/mol. The summed E-state index contributed by atoms with van der Waals surface area (Å²) in [5.74, 6) is 0.312. The topological polar surface area (TPSA) is 41.5 Å². The van der Waals surface area contributed by atoms with Gasteiger partial charge >= 0.3 is 6.18 Å². The number of hydrogen-bond acceptors (Lipinski definition) is 3. The number of benzene rings is 1. The number of alkyl halides is 3. The van der Waals surface area contributed by atoms with E-state index < -0.39 is 12.6 Å². The van der Waals surface area contributed by atoms with Crippen molar-refractivity contribution < 1.29 is 23.0 Å². The maximum Gasteiger partial charge on any atom is 0.390 e. The van der Waals surface area contributed by atoms with Crippen LogP contribution in [-0.4, -0.2) is 24.4 Å². The molecular weight excluding hydrogens is 247 g/mol. The first kappa shape index (κ1) is 14.6. The zero-order valence-electron chi connectivity index (χ0n) is 10.0. The first-order valence-corrected chi connectivity index (χ1v) is 5.65. The van der Waals surface area contributed by atoms with E-state index in [4.69, 9.17) is 4.74 Å². The molecule has 6 heteroatoms. The van der Waals surface area contributed by atoms with Crippen LogP contribution in [0, 0.1) is 0 Å². The normalized spacial score (nSPS) is 11.6. The van der Waals surface area contributed by atoms with Crippen LogP contribution in [0.3, 0.4) is 0 Å². The molecule has 1 rings (SSSR count). The van der Waals surface area contributed by atoms with Gasteiger partial charge in [-0.25, -0.2) is 0 Å². The molecule has 0 aliphatic carbocycles. The summed E-state index contributed by atoms with van der Waals surface area (Å²) in [4.78, 5) is 0. The van der Waals surface area contributed by atoms with Crippen molar-refractivity contribution in [2.75, 3.05) is 13.2 Å². The third-order valence-electron chi connectivity index (χ3n) is 2.28. The van der Waals surface area contributed by atoms with Gasteiger partial charge in [-0.15, -0.1) is 0 Å². The van der Waals surface area contributed by atoms with Gasteiger partial charge in [0.2, 0.25) is 0 Å². The third-order valence-corrected chi connectivity index (χ3v) is 2.28. The maximum absolute atomic E-state index is 11.9. The summed E-state index contributed by atoms with van der Waals surface area (Å²) >= 11 is 0. The molecule has 0 saturated carbocycles. The van der Waals surface area contributed by atoms with Crippen LogP contribution in [0.4, 0.5) is 13.2 Å². The lowest BCUT2D eigenvalue weighted by Crippen LogP contribution is -2.21. The van der Waals surface area contributed by atoms with Crippen molar-refractivity contribution >= 4 is 0 Å². The van der Waals surface area contributed by atoms with Crippen LogP contribution in [-0.2, 0) is 6.54 Å². The van der Waals surface area contributed by atoms with Gasteiger partial charge in [0.25, 0.3) is 0 Å². The van der Waals surface area contributed by atoms with Crippen LogP contribution in [0.15, 0.2) is 18.2 Å². The Hall–Kier alpha value is -1.43. The van der Waals surface area contributed by atoms with Crippen LogP contribution in [0.25, 0.3) is 0 Å². The number of nitrogens with one attached hydrogen (secondary N) is 1. The van der Waals surface area contributed by atoms with Crippen molar-refractivity contribution in [2.24, 2.45) is 0 Å². The number of rotatable bonds is 6. The molecule has 0 unspecified atom stereocenters. The van der Waals surface area contributed by atoms with Gasteiger partial charge in [0, 0.05) is 18.7 Å².